The number of anilines is 1. The third kappa shape index (κ3) is 2.64. The Bertz CT molecular complexity index is 835. The van der Waals surface area contributed by atoms with Crippen molar-refractivity contribution in [3.05, 3.63) is 35.9 Å². The van der Waals surface area contributed by atoms with Crippen LogP contribution in [0.5, 0.6) is 5.75 Å². The number of ether oxygens (including phenoxy) is 2. The van der Waals surface area contributed by atoms with Crippen molar-refractivity contribution in [1.82, 2.24) is 4.98 Å². The molecule has 0 atom stereocenters. The van der Waals surface area contributed by atoms with Gasteiger partial charge in [0, 0.05) is 17.7 Å². The average molecular weight is 325 g/mol. The Morgan fingerprint density at radius 2 is 2.17 bits per heavy atom. The number of nitrogens with zero attached hydrogens (tertiary/aromatic N) is 2. The Morgan fingerprint density at radius 3 is 2.83 bits per heavy atom. The van der Waals surface area contributed by atoms with Crippen molar-refractivity contribution < 1.29 is 14.6 Å². The van der Waals surface area contributed by atoms with E-state index in [1.54, 1.807) is 6.07 Å². The van der Waals surface area contributed by atoms with Crippen LogP contribution in [0.3, 0.4) is 0 Å². The second kappa shape index (κ2) is 5.89. The summed E-state index contributed by atoms with van der Waals surface area (Å²) in [6.07, 6.45) is 3.82. The Kier molecular flexibility index (Phi) is 3.70. The summed E-state index contributed by atoms with van der Waals surface area (Å²) < 4.78 is 11.2. The van der Waals surface area contributed by atoms with Crippen LogP contribution < -0.4 is 10.5 Å². The quantitative estimate of drug-likeness (QED) is 0.873. The predicted molar refractivity (Wildman–Crippen MR) is 93.3 cm³/mol. The number of benzene rings is 1. The lowest BCUT2D eigenvalue weighted by molar-refractivity contribution is -0.153. The van der Waals surface area contributed by atoms with Gasteiger partial charge in [0.1, 0.15) is 18.2 Å². The maximum absolute atomic E-state index is 9.52. The predicted octanol–water partition coefficient (Wildman–Crippen LogP) is 1.67. The van der Waals surface area contributed by atoms with E-state index in [0.717, 1.165) is 22.0 Å². The van der Waals surface area contributed by atoms with Crippen molar-refractivity contribution >= 4 is 28.5 Å². The first-order chi connectivity index (χ1) is 11.7. The lowest BCUT2D eigenvalue weighted by atomic mass is 9.88. The van der Waals surface area contributed by atoms with Crippen molar-refractivity contribution in [3.8, 4) is 5.75 Å². The van der Waals surface area contributed by atoms with Gasteiger partial charge in [0.15, 0.2) is 0 Å². The Labute approximate surface area is 139 Å². The molecule has 3 N–H and O–H groups in total. The smallest absolute Gasteiger partial charge is 0.132 e. The zero-order valence-electron chi connectivity index (χ0n) is 13.2. The van der Waals surface area contributed by atoms with Crippen molar-refractivity contribution in [2.75, 3.05) is 38.7 Å². The van der Waals surface area contributed by atoms with E-state index in [4.69, 9.17) is 15.2 Å². The highest BCUT2D eigenvalue weighted by Crippen LogP contribution is 2.33. The number of aromatic nitrogens is 1. The van der Waals surface area contributed by atoms with Gasteiger partial charge in [-0.3, -0.25) is 4.99 Å². The molecule has 0 aliphatic carbocycles. The van der Waals surface area contributed by atoms with Crippen molar-refractivity contribution in [1.29, 1.82) is 0 Å². The molecule has 4 rings (SSSR count). The second-order valence-electron chi connectivity index (χ2n) is 6.40. The van der Waals surface area contributed by atoms with Gasteiger partial charge in [-0.05, 0) is 29.3 Å². The number of pyridine rings is 1. The minimum Gasteiger partial charge on any atom is -0.492 e. The summed E-state index contributed by atoms with van der Waals surface area (Å²) in [5, 5.41) is 10.4. The molecule has 0 saturated carbocycles. The van der Waals surface area contributed by atoms with E-state index >= 15 is 0 Å². The number of fused-ring (bicyclic) bond motifs is 1. The fourth-order valence-corrected chi connectivity index (χ4v) is 2.91. The summed E-state index contributed by atoms with van der Waals surface area (Å²) in [6, 6.07) is 7.77. The van der Waals surface area contributed by atoms with Crippen molar-refractivity contribution in [2.24, 2.45) is 10.4 Å². The molecule has 3 heterocycles. The summed E-state index contributed by atoms with van der Waals surface area (Å²) in [6.45, 7) is 2.16. The van der Waals surface area contributed by atoms with Gasteiger partial charge in [-0.2, -0.15) is 0 Å². The van der Waals surface area contributed by atoms with Crippen LogP contribution in [0.15, 0.2) is 35.3 Å². The van der Waals surface area contributed by atoms with E-state index in [0.29, 0.717) is 37.9 Å². The van der Waals surface area contributed by atoms with Gasteiger partial charge < -0.3 is 20.3 Å². The average Bonchev–Trinajstić information content (AvgIpc) is 3.08. The molecule has 1 fully saturated rings. The SMILES string of the molecule is Nc1cc(OCC2(CO)COC2)c2ccc(C3=CC=NC3)cc2n1. The topological polar surface area (TPSA) is 90.0 Å². The van der Waals surface area contributed by atoms with Crippen LogP contribution in [0, 0.1) is 5.41 Å². The normalized spacial score (nSPS) is 18.5. The Morgan fingerprint density at radius 1 is 1.29 bits per heavy atom. The van der Waals surface area contributed by atoms with Crippen molar-refractivity contribution in [3.63, 3.8) is 0 Å². The third-order valence-electron chi connectivity index (χ3n) is 4.49. The maximum Gasteiger partial charge on any atom is 0.132 e. The number of hydrogen-bond donors (Lipinski definition) is 2. The summed E-state index contributed by atoms with van der Waals surface area (Å²) in [4.78, 5) is 8.64. The van der Waals surface area contributed by atoms with E-state index in [-0.39, 0.29) is 12.0 Å². The number of aliphatic hydroxyl groups is 1. The summed E-state index contributed by atoms with van der Waals surface area (Å²) in [5.41, 5.74) is 8.67. The van der Waals surface area contributed by atoms with Crippen LogP contribution in [0.4, 0.5) is 5.82 Å². The first-order valence-electron chi connectivity index (χ1n) is 7.90. The minimum atomic E-state index is -0.309. The minimum absolute atomic E-state index is 0.0454. The second-order valence-corrected chi connectivity index (χ2v) is 6.40. The molecule has 124 valence electrons. The lowest BCUT2D eigenvalue weighted by Crippen LogP contribution is -2.49. The molecule has 6 nitrogen and oxygen atoms in total. The molecule has 6 heteroatoms. The first-order valence-corrected chi connectivity index (χ1v) is 7.90. The molecular formula is C18H19N3O3. The van der Waals surface area contributed by atoms with E-state index in [9.17, 15) is 5.11 Å². The third-order valence-corrected chi connectivity index (χ3v) is 4.49. The van der Waals surface area contributed by atoms with Gasteiger partial charge >= 0.3 is 0 Å². The summed E-state index contributed by atoms with van der Waals surface area (Å²) in [5.74, 6) is 1.09. The van der Waals surface area contributed by atoms with Crippen LogP contribution in [-0.2, 0) is 4.74 Å². The van der Waals surface area contributed by atoms with Gasteiger partial charge in [-0.25, -0.2) is 4.98 Å². The molecule has 2 aliphatic heterocycles. The van der Waals surface area contributed by atoms with Crippen LogP contribution in [0.2, 0.25) is 0 Å². The largest absolute Gasteiger partial charge is 0.492 e. The molecule has 0 unspecified atom stereocenters. The molecule has 0 spiro atoms. The fraction of sp³-hybridized carbons (Fsp3) is 0.333. The van der Waals surface area contributed by atoms with Crippen LogP contribution in [-0.4, -0.2) is 49.3 Å². The van der Waals surface area contributed by atoms with Crippen LogP contribution in [0.25, 0.3) is 16.5 Å². The highest BCUT2D eigenvalue weighted by molar-refractivity contribution is 5.94. The molecule has 24 heavy (non-hydrogen) atoms. The lowest BCUT2D eigenvalue weighted by Gasteiger charge is -2.39. The molecule has 2 aromatic rings. The van der Waals surface area contributed by atoms with Gasteiger partial charge in [0.2, 0.25) is 0 Å². The van der Waals surface area contributed by atoms with E-state index in [2.05, 4.69) is 9.98 Å². The molecular weight excluding hydrogens is 306 g/mol. The molecule has 0 amide bonds. The molecule has 1 aromatic heterocycles. The van der Waals surface area contributed by atoms with E-state index in [1.165, 1.54) is 0 Å². The van der Waals surface area contributed by atoms with E-state index in [1.807, 2.05) is 30.5 Å². The molecule has 0 bridgehead atoms. The highest BCUT2D eigenvalue weighted by Gasteiger charge is 2.39. The molecule has 0 radical (unpaired) electrons. The highest BCUT2D eigenvalue weighted by atomic mass is 16.5. The zero-order chi connectivity index (χ0) is 16.6. The van der Waals surface area contributed by atoms with Gasteiger partial charge in [0.05, 0.1) is 37.3 Å². The summed E-state index contributed by atoms with van der Waals surface area (Å²) >= 11 is 0. The Hall–Kier alpha value is -2.44. The number of rotatable bonds is 5. The number of nitrogens with two attached hydrogens (primary N) is 1. The standard InChI is InChI=1S/C18H19N3O3/c19-17-6-16(24-11-18(8-22)9-23-10-18)14-2-1-12(5-15(14)21-17)13-3-4-20-7-13/h1-6,22H,7-11H2,(H2,19,21). The maximum atomic E-state index is 9.52. The van der Waals surface area contributed by atoms with E-state index < -0.39 is 0 Å². The van der Waals surface area contributed by atoms with Crippen LogP contribution >= 0.6 is 0 Å². The van der Waals surface area contributed by atoms with Gasteiger partial charge in [0.25, 0.3) is 0 Å². The molecule has 1 aromatic carbocycles. The van der Waals surface area contributed by atoms with Gasteiger partial charge in [-0.1, -0.05) is 6.07 Å². The monoisotopic (exact) mass is 325 g/mol. The zero-order valence-corrected chi connectivity index (χ0v) is 13.2. The first kappa shape index (κ1) is 15.1. The number of hydrogen-bond acceptors (Lipinski definition) is 6. The summed E-state index contributed by atoms with van der Waals surface area (Å²) in [7, 11) is 0. The number of allylic oxidation sites excluding steroid dienone is 1. The number of nitrogen functional groups attached to an aromatic ring is 1. The fourth-order valence-electron chi connectivity index (χ4n) is 2.91. The Balaban J connectivity index is 1.65. The van der Waals surface area contributed by atoms with Crippen LogP contribution in [0.1, 0.15) is 5.56 Å². The molecule has 1 saturated heterocycles. The number of aliphatic imine (C=N–C) groups is 1. The number of aliphatic hydroxyl groups excluding tert-OH is 1. The van der Waals surface area contributed by atoms with Crippen molar-refractivity contribution in [2.45, 2.75) is 0 Å². The molecule has 2 aliphatic rings. The van der Waals surface area contributed by atoms with Gasteiger partial charge in [-0.15, -0.1) is 0 Å².